The number of aryl methyl sites for hydroxylation is 1. The minimum atomic E-state index is -0.753. The van der Waals surface area contributed by atoms with Gasteiger partial charge in [0.05, 0.1) is 0 Å². The molecule has 0 amide bonds. The Balaban J connectivity index is 1.85. The fraction of sp³-hybridized carbons (Fsp3) is 0.714. The van der Waals surface area contributed by atoms with Crippen LogP contribution in [0.15, 0.2) is 13.6 Å². The van der Waals surface area contributed by atoms with Crippen LogP contribution in [0, 0.1) is 5.92 Å². The van der Waals surface area contributed by atoms with Crippen LogP contribution >= 0.6 is 0 Å². The Morgan fingerprint density at radius 1 is 1.11 bits per heavy atom. The lowest BCUT2D eigenvalue weighted by molar-refractivity contribution is 0.0858. The summed E-state index contributed by atoms with van der Waals surface area (Å²) in [7, 11) is 0. The van der Waals surface area contributed by atoms with Crippen LogP contribution in [0.3, 0.4) is 0 Å². The largest absolute Gasteiger partial charge is 0.519 e. The Labute approximate surface area is 106 Å². The third-order valence-electron chi connectivity index (χ3n) is 3.62. The predicted molar refractivity (Wildman–Crippen MR) is 66.8 cm³/mol. The van der Waals surface area contributed by atoms with Crippen molar-refractivity contribution in [2.24, 2.45) is 5.92 Å². The monoisotopic (exact) mass is 252 g/mol. The molecular formula is C14H20O4. The minimum absolute atomic E-state index is 0.0138. The first-order valence-corrected chi connectivity index (χ1v) is 6.89. The standard InChI is InChI=1S/C14H20O4/c1-2-3-4-5-6-7-10-8-9-11-13(12(10)15)18-14(16)17-11/h10H,2-9H2,1H3. The molecule has 1 aliphatic carbocycles. The normalized spacial score (nSPS) is 18.9. The molecular weight excluding hydrogens is 232 g/mol. The first-order valence-electron chi connectivity index (χ1n) is 6.89. The van der Waals surface area contributed by atoms with Gasteiger partial charge in [0.15, 0.2) is 5.76 Å². The summed E-state index contributed by atoms with van der Waals surface area (Å²) in [6.45, 7) is 2.19. The zero-order valence-corrected chi connectivity index (χ0v) is 10.9. The molecule has 0 fully saturated rings. The lowest BCUT2D eigenvalue weighted by Crippen LogP contribution is -2.21. The molecule has 0 N–H and O–H groups in total. The molecule has 0 saturated heterocycles. The Morgan fingerprint density at radius 3 is 2.67 bits per heavy atom. The maximum absolute atomic E-state index is 12.1. The van der Waals surface area contributed by atoms with Gasteiger partial charge in [0.1, 0.15) is 0 Å². The van der Waals surface area contributed by atoms with Gasteiger partial charge in [-0.15, -0.1) is 0 Å². The number of fused-ring (bicyclic) bond motifs is 1. The number of ketones is 1. The quantitative estimate of drug-likeness (QED) is 0.728. The third kappa shape index (κ3) is 2.92. The van der Waals surface area contributed by atoms with E-state index in [0.717, 1.165) is 19.3 Å². The van der Waals surface area contributed by atoms with Crippen molar-refractivity contribution in [3.05, 3.63) is 22.1 Å². The molecule has 0 aromatic carbocycles. The first kappa shape index (κ1) is 13.1. The second kappa shape index (κ2) is 6.03. The summed E-state index contributed by atoms with van der Waals surface area (Å²) >= 11 is 0. The third-order valence-corrected chi connectivity index (χ3v) is 3.62. The zero-order valence-electron chi connectivity index (χ0n) is 10.9. The maximum atomic E-state index is 12.1. The van der Waals surface area contributed by atoms with Crippen molar-refractivity contribution < 1.29 is 13.6 Å². The Bertz CT molecular complexity index is 455. The van der Waals surface area contributed by atoms with E-state index >= 15 is 0 Å². The zero-order chi connectivity index (χ0) is 13.0. The van der Waals surface area contributed by atoms with Gasteiger partial charge in [-0.1, -0.05) is 39.0 Å². The van der Waals surface area contributed by atoms with Gasteiger partial charge in [-0.2, -0.15) is 0 Å². The predicted octanol–water partition coefficient (Wildman–Crippen LogP) is 3.34. The Hall–Kier alpha value is -1.32. The molecule has 2 rings (SSSR count). The molecule has 1 unspecified atom stereocenters. The maximum Gasteiger partial charge on any atom is 0.519 e. The average Bonchev–Trinajstić information content (AvgIpc) is 2.73. The van der Waals surface area contributed by atoms with Crippen LogP contribution < -0.4 is 5.82 Å². The molecule has 0 radical (unpaired) electrons. The molecule has 100 valence electrons. The van der Waals surface area contributed by atoms with E-state index < -0.39 is 5.82 Å². The highest BCUT2D eigenvalue weighted by atomic mass is 16.6. The second-order valence-corrected chi connectivity index (χ2v) is 5.01. The van der Waals surface area contributed by atoms with Crippen LogP contribution in [-0.4, -0.2) is 5.78 Å². The Morgan fingerprint density at radius 2 is 1.89 bits per heavy atom. The summed E-state index contributed by atoms with van der Waals surface area (Å²) in [6.07, 6.45) is 8.31. The van der Waals surface area contributed by atoms with Crippen molar-refractivity contribution in [1.82, 2.24) is 0 Å². The van der Waals surface area contributed by atoms with Gasteiger partial charge in [-0.05, 0) is 12.8 Å². The lowest BCUT2D eigenvalue weighted by atomic mass is 9.85. The number of hydrogen-bond acceptors (Lipinski definition) is 4. The fourth-order valence-corrected chi connectivity index (χ4v) is 2.55. The van der Waals surface area contributed by atoms with Gasteiger partial charge in [0.2, 0.25) is 11.5 Å². The van der Waals surface area contributed by atoms with Crippen molar-refractivity contribution in [2.75, 3.05) is 0 Å². The van der Waals surface area contributed by atoms with Crippen molar-refractivity contribution in [2.45, 2.75) is 58.3 Å². The topological polar surface area (TPSA) is 60.4 Å². The van der Waals surface area contributed by atoms with E-state index in [1.807, 2.05) is 0 Å². The molecule has 0 saturated carbocycles. The molecule has 0 bridgehead atoms. The molecule has 18 heavy (non-hydrogen) atoms. The number of rotatable bonds is 6. The van der Waals surface area contributed by atoms with Gasteiger partial charge >= 0.3 is 5.82 Å². The number of carbonyl (C=O) groups is 1. The highest BCUT2D eigenvalue weighted by Gasteiger charge is 2.32. The second-order valence-electron chi connectivity index (χ2n) is 5.01. The van der Waals surface area contributed by atoms with Crippen molar-refractivity contribution >= 4 is 5.78 Å². The molecule has 0 aliphatic heterocycles. The van der Waals surface area contributed by atoms with Crippen LogP contribution in [0.25, 0.3) is 0 Å². The molecule has 1 aromatic heterocycles. The van der Waals surface area contributed by atoms with E-state index in [4.69, 9.17) is 8.83 Å². The number of unbranched alkanes of at least 4 members (excludes halogenated alkanes) is 4. The van der Waals surface area contributed by atoms with Crippen LogP contribution in [0.2, 0.25) is 0 Å². The van der Waals surface area contributed by atoms with Gasteiger partial charge < -0.3 is 8.83 Å². The number of carbonyl (C=O) groups excluding carboxylic acids is 1. The number of hydrogen-bond donors (Lipinski definition) is 0. The smallest absolute Gasteiger partial charge is 0.395 e. The van der Waals surface area contributed by atoms with E-state index in [0.29, 0.717) is 12.2 Å². The SMILES string of the molecule is CCCCCCCC1CCc2oc(=O)oc2C1=O. The van der Waals surface area contributed by atoms with Gasteiger partial charge in [-0.25, -0.2) is 4.79 Å². The summed E-state index contributed by atoms with van der Waals surface area (Å²) in [5.41, 5.74) is 0. The Kier molecular flexibility index (Phi) is 4.39. The van der Waals surface area contributed by atoms with Crippen LogP contribution in [0.4, 0.5) is 0 Å². The highest BCUT2D eigenvalue weighted by Crippen LogP contribution is 2.28. The number of Topliss-reactive ketones (excluding diaryl/α,β-unsaturated/α-hetero) is 1. The summed E-state index contributed by atoms with van der Waals surface area (Å²) < 4.78 is 9.66. The van der Waals surface area contributed by atoms with Crippen LogP contribution in [0.1, 0.15) is 68.2 Å². The summed E-state index contributed by atoms with van der Waals surface area (Å²) in [5.74, 6) is -0.175. The molecule has 1 atom stereocenters. The van der Waals surface area contributed by atoms with Gasteiger partial charge in [0.25, 0.3) is 0 Å². The minimum Gasteiger partial charge on any atom is -0.395 e. The fourth-order valence-electron chi connectivity index (χ4n) is 2.55. The van der Waals surface area contributed by atoms with Gasteiger partial charge in [0, 0.05) is 12.3 Å². The summed E-state index contributed by atoms with van der Waals surface area (Å²) in [5, 5.41) is 0. The molecule has 4 heteroatoms. The van der Waals surface area contributed by atoms with Crippen LogP contribution in [-0.2, 0) is 6.42 Å². The summed E-state index contributed by atoms with van der Waals surface area (Å²) in [6, 6.07) is 0. The van der Waals surface area contributed by atoms with E-state index in [-0.39, 0.29) is 17.5 Å². The van der Waals surface area contributed by atoms with E-state index in [9.17, 15) is 9.59 Å². The average molecular weight is 252 g/mol. The van der Waals surface area contributed by atoms with Crippen molar-refractivity contribution in [1.29, 1.82) is 0 Å². The summed E-state index contributed by atoms with van der Waals surface area (Å²) in [4.78, 5) is 23.0. The molecule has 1 aliphatic rings. The molecule has 4 nitrogen and oxygen atoms in total. The van der Waals surface area contributed by atoms with Crippen LogP contribution in [0.5, 0.6) is 0 Å². The first-order chi connectivity index (χ1) is 8.72. The van der Waals surface area contributed by atoms with Gasteiger partial charge in [-0.3, -0.25) is 4.79 Å². The lowest BCUT2D eigenvalue weighted by Gasteiger charge is -2.17. The van der Waals surface area contributed by atoms with E-state index in [1.165, 1.54) is 25.7 Å². The highest BCUT2D eigenvalue weighted by molar-refractivity contribution is 5.96. The van der Waals surface area contributed by atoms with E-state index in [2.05, 4.69) is 6.92 Å². The van der Waals surface area contributed by atoms with E-state index in [1.54, 1.807) is 0 Å². The molecule has 1 aromatic rings. The molecule has 0 spiro atoms. The van der Waals surface area contributed by atoms with Crippen molar-refractivity contribution in [3.8, 4) is 0 Å². The van der Waals surface area contributed by atoms with Crippen molar-refractivity contribution in [3.63, 3.8) is 0 Å². The molecule has 1 heterocycles.